The van der Waals surface area contributed by atoms with Crippen LogP contribution in [0, 0.1) is 0 Å². The number of imidazole rings is 2. The van der Waals surface area contributed by atoms with Crippen molar-refractivity contribution in [2.45, 2.75) is 36.9 Å². The van der Waals surface area contributed by atoms with Gasteiger partial charge in [0, 0.05) is 5.57 Å². The van der Waals surface area contributed by atoms with Crippen LogP contribution in [-0.2, 0) is 32.2 Å². The average Bonchev–Trinajstić information content (AvgIpc) is 3.64. The molecule has 2 fully saturated rings. The van der Waals surface area contributed by atoms with Crippen molar-refractivity contribution in [3.63, 3.8) is 0 Å². The van der Waals surface area contributed by atoms with Crippen molar-refractivity contribution in [2.24, 2.45) is 0 Å². The van der Waals surface area contributed by atoms with Crippen LogP contribution in [-0.4, -0.2) is 96.5 Å². The van der Waals surface area contributed by atoms with E-state index in [0.29, 0.717) is 16.7 Å². The second-order valence-electron chi connectivity index (χ2n) is 9.39. The molecule has 0 saturated carbocycles. The Morgan fingerprint density at radius 3 is 2.09 bits per heavy atom. The van der Waals surface area contributed by atoms with E-state index in [-0.39, 0.29) is 22.8 Å². The molecule has 8 N–H and O–H groups in total. The van der Waals surface area contributed by atoms with Gasteiger partial charge in [0.1, 0.15) is 48.1 Å². The molecule has 7 atom stereocenters. The van der Waals surface area contributed by atoms with Gasteiger partial charge in [-0.1, -0.05) is 6.58 Å². The van der Waals surface area contributed by atoms with E-state index in [2.05, 4.69) is 41.0 Å². The number of anilines is 2. The zero-order valence-electron chi connectivity index (χ0n) is 21.7. The summed E-state index contributed by atoms with van der Waals surface area (Å²) in [5.41, 5.74) is 13.2. The number of nitrogens with zero attached hydrogens (tertiary/aromatic N) is 8. The third-order valence-electron chi connectivity index (χ3n) is 6.69. The maximum Gasteiger partial charge on any atom is 0.472 e. The summed E-state index contributed by atoms with van der Waals surface area (Å²) in [5.74, 6) is 0.203. The number of nitrogen functional groups attached to an aromatic ring is 2. The molecule has 0 amide bonds. The molecule has 7 unspecified atom stereocenters. The van der Waals surface area contributed by atoms with Crippen LogP contribution in [0.25, 0.3) is 22.3 Å². The first kappa shape index (κ1) is 29.6. The van der Waals surface area contributed by atoms with Gasteiger partial charge in [-0.2, -0.15) is 0 Å². The van der Waals surface area contributed by atoms with Gasteiger partial charge < -0.3 is 40.7 Å². The molecule has 230 valence electrons. The molecule has 0 aromatic carbocycles. The molecule has 0 spiro atoms. The molecule has 21 nitrogen and oxygen atoms in total. The Morgan fingerprint density at radius 1 is 0.884 bits per heavy atom. The number of nitrogens with two attached hydrogens (primary N) is 2. The van der Waals surface area contributed by atoms with Crippen LogP contribution < -0.4 is 11.5 Å². The molecule has 4 aromatic heterocycles. The van der Waals surface area contributed by atoms with Crippen molar-refractivity contribution in [1.82, 2.24) is 39.0 Å². The average molecular weight is 642 g/mol. The number of ether oxygens (including phenoxy) is 2. The summed E-state index contributed by atoms with van der Waals surface area (Å²) in [6, 6.07) is 0. The van der Waals surface area contributed by atoms with Gasteiger partial charge in [-0.05, 0) is 0 Å². The molecule has 2 aliphatic rings. The maximum absolute atomic E-state index is 13.0. The van der Waals surface area contributed by atoms with Crippen LogP contribution >= 0.6 is 15.6 Å². The highest BCUT2D eigenvalue weighted by Gasteiger charge is 2.50. The highest BCUT2D eigenvalue weighted by atomic mass is 31.2. The Bertz CT molecular complexity index is 1800. The van der Waals surface area contributed by atoms with Crippen molar-refractivity contribution < 1.29 is 52.0 Å². The first-order chi connectivity index (χ1) is 20.3. The van der Waals surface area contributed by atoms with Crippen molar-refractivity contribution >= 4 is 49.6 Å². The van der Waals surface area contributed by atoms with Crippen molar-refractivity contribution in [3.8, 4) is 0 Å². The molecule has 2 aliphatic heterocycles. The second kappa shape index (κ2) is 10.9. The van der Waals surface area contributed by atoms with Crippen LogP contribution in [0.5, 0.6) is 0 Å². The summed E-state index contributed by atoms with van der Waals surface area (Å²) in [6.45, 7) is 2.68. The first-order valence-corrected chi connectivity index (χ1v) is 15.2. The Balaban J connectivity index is 1.16. The quantitative estimate of drug-likeness (QED) is 0.0906. The highest BCUT2D eigenvalue weighted by molar-refractivity contribution is 7.47. The molecule has 4 aromatic rings. The third kappa shape index (κ3) is 5.64. The lowest BCUT2D eigenvalue weighted by atomic mass is 10.1. The lowest BCUT2D eigenvalue weighted by Crippen LogP contribution is -2.40. The minimum atomic E-state index is -4.95. The molecule has 6 heterocycles. The number of hydrogen-bond donors (Lipinski definition) is 6. The van der Waals surface area contributed by atoms with E-state index in [4.69, 9.17) is 39.8 Å². The summed E-state index contributed by atoms with van der Waals surface area (Å²) in [4.78, 5) is 52.9. The van der Waals surface area contributed by atoms with Gasteiger partial charge in [-0.15, -0.1) is 0 Å². The Morgan fingerprint density at radius 2 is 1.49 bits per heavy atom. The van der Waals surface area contributed by atoms with Crippen LogP contribution in [0.2, 0.25) is 0 Å². The van der Waals surface area contributed by atoms with Crippen molar-refractivity contribution in [2.75, 3.05) is 24.7 Å². The molecule has 0 radical (unpaired) electrons. The number of phosphoric acid groups is 2. The van der Waals surface area contributed by atoms with Gasteiger partial charge in [0.15, 0.2) is 35.4 Å². The maximum atomic E-state index is 13.0. The van der Waals surface area contributed by atoms with Gasteiger partial charge in [0.25, 0.3) is 0 Å². The smallest absolute Gasteiger partial charge is 0.387 e. The number of rotatable bonds is 10. The number of aromatic nitrogens is 8. The fraction of sp³-hybridized carbons (Fsp3) is 0.400. The summed E-state index contributed by atoms with van der Waals surface area (Å²) in [7, 11) is -9.91. The minimum Gasteiger partial charge on any atom is -0.387 e. The third-order valence-corrected chi connectivity index (χ3v) is 8.16. The largest absolute Gasteiger partial charge is 0.472 e. The Labute approximate surface area is 239 Å². The van der Waals surface area contributed by atoms with Crippen LogP contribution in [0.3, 0.4) is 0 Å². The van der Waals surface area contributed by atoms with E-state index in [9.17, 15) is 19.1 Å². The second-order valence-corrected chi connectivity index (χ2v) is 12.0. The molecule has 0 bridgehead atoms. The molecule has 43 heavy (non-hydrogen) atoms. The first-order valence-electron chi connectivity index (χ1n) is 12.2. The monoisotopic (exact) mass is 642 g/mol. The molecule has 2 saturated heterocycles. The van der Waals surface area contributed by atoms with Crippen molar-refractivity contribution in [3.05, 3.63) is 37.5 Å². The van der Waals surface area contributed by atoms with Crippen LogP contribution in [0.4, 0.5) is 11.6 Å². The summed E-state index contributed by atoms with van der Waals surface area (Å²) < 4.78 is 53.5. The van der Waals surface area contributed by atoms with E-state index in [1.165, 1.54) is 23.5 Å². The lowest BCUT2D eigenvalue weighted by molar-refractivity contribution is -0.116. The van der Waals surface area contributed by atoms with E-state index >= 15 is 0 Å². The van der Waals surface area contributed by atoms with Crippen LogP contribution in [0.15, 0.2) is 37.5 Å². The molecule has 23 heteroatoms. The number of aliphatic hydroxyl groups is 1. The molecule has 0 aliphatic carbocycles. The predicted octanol–water partition coefficient (Wildman–Crippen LogP) is -0.846. The number of aliphatic hydroxyl groups excluding tert-OH is 1. The zero-order chi connectivity index (χ0) is 30.7. The SMILES string of the molecule is C=C1C(COP(=O)(O)OC2C(O)C(COP(=O)(O)O)OC2n2cnc3c(N)ncnc32)OC1n1cnc2c(N)ncnc21. The summed E-state index contributed by atoms with van der Waals surface area (Å²) in [5, 5.41) is 10.9. The molecule has 6 rings (SSSR count). The van der Waals surface area contributed by atoms with E-state index in [1.807, 2.05) is 0 Å². The normalized spacial score (nSPS) is 27.5. The fourth-order valence-corrected chi connectivity index (χ4v) is 5.88. The lowest BCUT2D eigenvalue weighted by Gasteiger charge is -2.39. The summed E-state index contributed by atoms with van der Waals surface area (Å²) in [6.07, 6.45) is -2.67. The number of phosphoric ester groups is 2. The van der Waals surface area contributed by atoms with Gasteiger partial charge in [0.05, 0.1) is 25.9 Å². The minimum absolute atomic E-state index is 0.0240. The van der Waals surface area contributed by atoms with E-state index in [1.54, 1.807) is 4.57 Å². The Hall–Kier alpha value is -3.46. The molecular weight excluding hydrogens is 618 g/mol. The van der Waals surface area contributed by atoms with Gasteiger partial charge >= 0.3 is 15.6 Å². The Kier molecular flexibility index (Phi) is 7.51. The standard InChI is InChI=1S/C20H24N10O11P2/c1-8-9(39-19(8)29-6-27-11-15(21)23-4-25-17(11)29)2-38-43(35,36)41-14-13(31)10(3-37-42(32,33)34)40-20(14)30-7-28-12-16(22)24-5-26-18(12)30/h4-7,9-10,13-14,19-20,31H,1-3H2,(H,35,36)(H2,21,23,25)(H2,22,24,26)(H2,32,33,34). The van der Waals surface area contributed by atoms with E-state index < -0.39 is 65.7 Å². The molecular formula is C20H24N10O11P2. The van der Waals surface area contributed by atoms with Crippen LogP contribution in [0.1, 0.15) is 12.5 Å². The predicted molar refractivity (Wildman–Crippen MR) is 141 cm³/mol. The van der Waals surface area contributed by atoms with Gasteiger partial charge in [-0.25, -0.2) is 39.0 Å². The summed E-state index contributed by atoms with van der Waals surface area (Å²) >= 11 is 0. The highest BCUT2D eigenvalue weighted by Crippen LogP contribution is 2.51. The van der Waals surface area contributed by atoms with Crippen molar-refractivity contribution in [1.29, 1.82) is 0 Å². The van der Waals surface area contributed by atoms with Gasteiger partial charge in [-0.3, -0.25) is 22.7 Å². The number of hydrogen-bond acceptors (Lipinski definition) is 16. The topological polar surface area (TPSA) is 300 Å². The van der Waals surface area contributed by atoms with E-state index in [0.717, 1.165) is 6.33 Å². The fourth-order valence-electron chi connectivity index (χ4n) is 4.62. The zero-order valence-corrected chi connectivity index (χ0v) is 23.5. The number of fused-ring (bicyclic) bond motifs is 2. The van der Waals surface area contributed by atoms with Gasteiger partial charge in [0.2, 0.25) is 0 Å².